The van der Waals surface area contributed by atoms with Gasteiger partial charge in [0.2, 0.25) is 0 Å². The van der Waals surface area contributed by atoms with Crippen LogP contribution in [0.2, 0.25) is 0 Å². The summed E-state index contributed by atoms with van der Waals surface area (Å²) in [6.45, 7) is 13.0. The Morgan fingerprint density at radius 1 is 1.40 bits per heavy atom. The van der Waals surface area contributed by atoms with Crippen LogP contribution in [-0.2, 0) is 14.3 Å². The Labute approximate surface area is 123 Å². The molecule has 1 heterocycles. The van der Waals surface area contributed by atoms with Gasteiger partial charge in [0.25, 0.3) is 0 Å². The molecule has 1 rings (SSSR count). The molecule has 1 fully saturated rings. The lowest BCUT2D eigenvalue weighted by atomic mass is 10.0. The number of morpholine rings is 1. The molecule has 1 aliphatic heterocycles. The van der Waals surface area contributed by atoms with E-state index in [1.807, 2.05) is 13.8 Å². The third-order valence-corrected chi connectivity index (χ3v) is 3.53. The molecule has 0 bridgehead atoms. The molecule has 0 aliphatic carbocycles. The van der Waals surface area contributed by atoms with Crippen LogP contribution < -0.4 is 5.32 Å². The third-order valence-electron chi connectivity index (χ3n) is 3.53. The Kier molecular flexibility index (Phi) is 7.48. The van der Waals surface area contributed by atoms with Crippen molar-refractivity contribution in [2.75, 3.05) is 39.9 Å². The fraction of sp³-hybridized carbons (Fsp3) is 0.933. The second kappa shape index (κ2) is 8.60. The van der Waals surface area contributed by atoms with E-state index in [0.717, 1.165) is 26.2 Å². The highest BCUT2D eigenvalue weighted by molar-refractivity contribution is 5.75. The quantitative estimate of drug-likeness (QED) is 0.711. The number of carbonyl (C=O) groups excluding carboxylic acids is 1. The summed E-state index contributed by atoms with van der Waals surface area (Å²) in [7, 11) is 1.43. The Morgan fingerprint density at radius 3 is 2.65 bits per heavy atom. The third kappa shape index (κ3) is 5.77. The molecule has 2 atom stereocenters. The van der Waals surface area contributed by atoms with Gasteiger partial charge in [0.05, 0.1) is 19.8 Å². The van der Waals surface area contributed by atoms with Gasteiger partial charge in [-0.1, -0.05) is 27.7 Å². The van der Waals surface area contributed by atoms with E-state index in [1.54, 1.807) is 0 Å². The normalized spacial score (nSPS) is 22.2. The van der Waals surface area contributed by atoms with E-state index < -0.39 is 0 Å². The average molecular weight is 286 g/mol. The van der Waals surface area contributed by atoms with Crippen molar-refractivity contribution < 1.29 is 14.3 Å². The number of hydrogen-bond donors (Lipinski definition) is 1. The van der Waals surface area contributed by atoms with Crippen LogP contribution in [0.4, 0.5) is 0 Å². The molecular formula is C15H30N2O3. The number of nitrogens with zero attached hydrogens (tertiary/aromatic N) is 1. The molecule has 0 aromatic carbocycles. The minimum Gasteiger partial charge on any atom is -0.468 e. The van der Waals surface area contributed by atoms with E-state index in [-0.39, 0.29) is 24.0 Å². The summed E-state index contributed by atoms with van der Waals surface area (Å²) in [5.74, 6) is 0.674. The molecule has 2 unspecified atom stereocenters. The molecule has 0 radical (unpaired) electrons. The zero-order valence-corrected chi connectivity index (χ0v) is 13.5. The van der Waals surface area contributed by atoms with Gasteiger partial charge in [0, 0.05) is 26.2 Å². The van der Waals surface area contributed by atoms with E-state index >= 15 is 0 Å². The van der Waals surface area contributed by atoms with Crippen molar-refractivity contribution >= 4 is 5.97 Å². The van der Waals surface area contributed by atoms with Gasteiger partial charge in [-0.3, -0.25) is 9.69 Å². The minimum atomic E-state index is -0.260. The fourth-order valence-corrected chi connectivity index (χ4v) is 2.56. The monoisotopic (exact) mass is 286 g/mol. The van der Waals surface area contributed by atoms with Crippen molar-refractivity contribution in [3.05, 3.63) is 0 Å². The van der Waals surface area contributed by atoms with Gasteiger partial charge in [0.15, 0.2) is 0 Å². The van der Waals surface area contributed by atoms with Gasteiger partial charge >= 0.3 is 5.97 Å². The fourth-order valence-electron chi connectivity index (χ4n) is 2.56. The van der Waals surface area contributed by atoms with Crippen molar-refractivity contribution in [2.45, 2.75) is 39.8 Å². The Balaban J connectivity index is 2.41. The van der Waals surface area contributed by atoms with E-state index in [4.69, 9.17) is 9.47 Å². The highest BCUT2D eigenvalue weighted by atomic mass is 16.5. The number of carbonyl (C=O) groups is 1. The molecule has 20 heavy (non-hydrogen) atoms. The summed E-state index contributed by atoms with van der Waals surface area (Å²) >= 11 is 0. The molecule has 0 aromatic heterocycles. The average Bonchev–Trinajstić information content (AvgIpc) is 2.37. The number of esters is 1. The summed E-state index contributed by atoms with van der Waals surface area (Å²) in [6.07, 6.45) is 0.147. The van der Waals surface area contributed by atoms with Crippen LogP contribution in [0.25, 0.3) is 0 Å². The zero-order valence-electron chi connectivity index (χ0n) is 13.5. The molecular weight excluding hydrogens is 256 g/mol. The number of rotatable bonds is 7. The Hall–Kier alpha value is -0.650. The molecule has 5 heteroatoms. The number of methoxy groups -OCH3 is 1. The van der Waals surface area contributed by atoms with E-state index in [0.29, 0.717) is 12.5 Å². The SMILES string of the molecule is COC(=O)C(NCC1CN(CC(C)C)CCO1)C(C)C. The molecule has 1 saturated heterocycles. The van der Waals surface area contributed by atoms with Gasteiger partial charge in [-0.15, -0.1) is 0 Å². The second-order valence-corrected chi connectivity index (χ2v) is 6.30. The Bertz CT molecular complexity index is 295. The maximum absolute atomic E-state index is 11.7. The smallest absolute Gasteiger partial charge is 0.323 e. The number of nitrogens with one attached hydrogen (secondary N) is 1. The van der Waals surface area contributed by atoms with Crippen LogP contribution in [0, 0.1) is 11.8 Å². The Morgan fingerprint density at radius 2 is 2.10 bits per heavy atom. The van der Waals surface area contributed by atoms with Gasteiger partial charge < -0.3 is 14.8 Å². The highest BCUT2D eigenvalue weighted by Gasteiger charge is 2.26. The standard InChI is InChI=1S/C15H30N2O3/c1-11(2)9-17-6-7-20-13(10-17)8-16-14(12(3)4)15(18)19-5/h11-14,16H,6-10H2,1-5H3. The minimum absolute atomic E-state index is 0.147. The lowest BCUT2D eigenvalue weighted by Gasteiger charge is -2.34. The van der Waals surface area contributed by atoms with Crippen molar-refractivity contribution in [1.29, 1.82) is 0 Å². The van der Waals surface area contributed by atoms with Crippen LogP contribution in [0.5, 0.6) is 0 Å². The van der Waals surface area contributed by atoms with Gasteiger partial charge in [-0.05, 0) is 11.8 Å². The first-order valence-electron chi connectivity index (χ1n) is 7.59. The number of ether oxygens (including phenoxy) is 2. The summed E-state index contributed by atoms with van der Waals surface area (Å²) in [5, 5.41) is 3.29. The van der Waals surface area contributed by atoms with Crippen molar-refractivity contribution in [2.24, 2.45) is 11.8 Å². The first-order valence-corrected chi connectivity index (χ1v) is 7.59. The number of hydrogen-bond acceptors (Lipinski definition) is 5. The topological polar surface area (TPSA) is 50.8 Å². The van der Waals surface area contributed by atoms with Crippen LogP contribution >= 0.6 is 0 Å². The largest absolute Gasteiger partial charge is 0.468 e. The second-order valence-electron chi connectivity index (χ2n) is 6.30. The van der Waals surface area contributed by atoms with Crippen molar-refractivity contribution in [3.8, 4) is 0 Å². The molecule has 0 spiro atoms. The molecule has 1 N–H and O–H groups in total. The van der Waals surface area contributed by atoms with E-state index in [9.17, 15) is 4.79 Å². The molecule has 0 amide bonds. The first kappa shape index (κ1) is 17.4. The van der Waals surface area contributed by atoms with E-state index in [1.165, 1.54) is 7.11 Å². The van der Waals surface area contributed by atoms with Crippen LogP contribution in [-0.4, -0.2) is 62.9 Å². The summed E-state index contributed by atoms with van der Waals surface area (Å²) in [5.41, 5.74) is 0. The lowest BCUT2D eigenvalue weighted by molar-refractivity contribution is -0.144. The van der Waals surface area contributed by atoms with Crippen LogP contribution in [0.1, 0.15) is 27.7 Å². The van der Waals surface area contributed by atoms with Crippen molar-refractivity contribution in [3.63, 3.8) is 0 Å². The van der Waals surface area contributed by atoms with E-state index in [2.05, 4.69) is 24.1 Å². The molecule has 0 aromatic rings. The summed E-state index contributed by atoms with van der Waals surface area (Å²) < 4.78 is 10.6. The van der Waals surface area contributed by atoms with Gasteiger partial charge in [-0.25, -0.2) is 0 Å². The highest BCUT2D eigenvalue weighted by Crippen LogP contribution is 2.09. The lowest BCUT2D eigenvalue weighted by Crippen LogP contribution is -2.51. The molecule has 1 aliphatic rings. The molecule has 118 valence electrons. The summed E-state index contributed by atoms with van der Waals surface area (Å²) in [4.78, 5) is 14.1. The maximum Gasteiger partial charge on any atom is 0.323 e. The maximum atomic E-state index is 11.7. The van der Waals surface area contributed by atoms with Gasteiger partial charge in [-0.2, -0.15) is 0 Å². The molecule has 5 nitrogen and oxygen atoms in total. The summed E-state index contributed by atoms with van der Waals surface area (Å²) in [6, 6.07) is -0.260. The molecule has 0 saturated carbocycles. The predicted octanol–water partition coefficient (Wildman–Crippen LogP) is 1.13. The first-order chi connectivity index (χ1) is 9.43. The van der Waals surface area contributed by atoms with Crippen LogP contribution in [0.3, 0.4) is 0 Å². The zero-order chi connectivity index (χ0) is 15.1. The van der Waals surface area contributed by atoms with Crippen LogP contribution in [0.15, 0.2) is 0 Å². The van der Waals surface area contributed by atoms with Gasteiger partial charge in [0.1, 0.15) is 6.04 Å². The van der Waals surface area contributed by atoms with Crippen molar-refractivity contribution in [1.82, 2.24) is 10.2 Å². The predicted molar refractivity (Wildman–Crippen MR) is 79.7 cm³/mol.